The van der Waals surface area contributed by atoms with E-state index in [0.29, 0.717) is 0 Å². The van der Waals surface area contributed by atoms with Crippen molar-refractivity contribution in [3.8, 4) is 0 Å². The molecule has 0 aromatic heterocycles. The van der Waals surface area contributed by atoms with Crippen LogP contribution in [-0.2, 0) is 0 Å². The van der Waals surface area contributed by atoms with Gasteiger partial charge in [-0.15, -0.1) is 0 Å². The first-order valence-electron chi connectivity index (χ1n) is 21.8. The third-order valence-electron chi connectivity index (χ3n) is 12.3. The van der Waals surface area contributed by atoms with Crippen LogP contribution >= 0.6 is 0 Å². The Morgan fingerprint density at radius 1 is 0.219 bits per heavy atom. The fourth-order valence-electron chi connectivity index (χ4n) is 9.40. The smallest absolute Gasteiger partial charge is 0.0503 e. The zero-order valence-electron chi connectivity index (χ0n) is 35.0. The first-order chi connectivity index (χ1) is 31.7. The molecule has 3 aliphatic heterocycles. The van der Waals surface area contributed by atoms with E-state index in [-0.39, 0.29) is 0 Å². The number of hydrogen-bond acceptors (Lipinski definition) is 4. The van der Waals surface area contributed by atoms with E-state index in [2.05, 4.69) is 274 Å². The van der Waals surface area contributed by atoms with Crippen LogP contribution in [0.25, 0.3) is 32.3 Å². The van der Waals surface area contributed by atoms with Crippen molar-refractivity contribution < 1.29 is 0 Å². The Morgan fingerprint density at radius 2 is 0.484 bits per heavy atom. The van der Waals surface area contributed by atoms with Crippen molar-refractivity contribution in [3.63, 3.8) is 0 Å². The second-order valence-electron chi connectivity index (χ2n) is 16.4. The van der Waals surface area contributed by atoms with Gasteiger partial charge in [-0.25, -0.2) is 0 Å². The standard InChI is InChI=1S/C60H42N4/c1-4-22-49(23-5-1)61(52-31-28-43-16-10-13-19-46(43)34-52)55-37-58-39-56(62(50-24-6-2-7-25-50)53-32-29-44-17-11-14-20-47(44)35-53)41-60-42-57(40-59(38-55)64(58)60)63(51-26-8-3-9-27-51)54-33-30-45-18-12-15-21-48(45)36-54/h1-42H. The molecule has 4 heteroatoms. The Balaban J connectivity index is 1.10. The Kier molecular flexibility index (Phi) is 9.12. The van der Waals surface area contributed by atoms with Crippen LogP contribution < -0.4 is 14.7 Å². The van der Waals surface area contributed by atoms with E-state index in [1.807, 2.05) is 0 Å². The highest BCUT2D eigenvalue weighted by Gasteiger charge is 2.32. The van der Waals surface area contributed by atoms with Crippen molar-refractivity contribution in [2.75, 3.05) is 14.7 Å². The van der Waals surface area contributed by atoms with Gasteiger partial charge in [0.2, 0.25) is 0 Å². The minimum Gasteiger partial charge on any atom is -0.310 e. The van der Waals surface area contributed by atoms with Crippen LogP contribution in [0.2, 0.25) is 0 Å². The number of fused-ring (bicyclic) bond motifs is 3. The molecule has 9 aromatic rings. The average molecular weight is 819 g/mol. The first kappa shape index (κ1) is 37.2. The van der Waals surface area contributed by atoms with Gasteiger partial charge in [-0.3, -0.25) is 0 Å². The maximum absolute atomic E-state index is 2.40. The summed E-state index contributed by atoms with van der Waals surface area (Å²) in [6.07, 6.45) is 14.0. The van der Waals surface area contributed by atoms with Gasteiger partial charge in [0, 0.05) is 34.1 Å². The predicted octanol–water partition coefficient (Wildman–Crippen LogP) is 15.6. The van der Waals surface area contributed by atoms with E-state index in [1.54, 1.807) is 0 Å². The molecule has 0 fully saturated rings. The van der Waals surface area contributed by atoms with Gasteiger partial charge in [0.15, 0.2) is 0 Å². The van der Waals surface area contributed by atoms with E-state index >= 15 is 0 Å². The van der Waals surface area contributed by atoms with Crippen molar-refractivity contribution in [1.29, 1.82) is 0 Å². The summed E-state index contributed by atoms with van der Waals surface area (Å²) in [4.78, 5) is 9.56. The molecule has 4 nitrogen and oxygen atoms in total. The number of hydrogen-bond donors (Lipinski definition) is 0. The van der Waals surface area contributed by atoms with Crippen molar-refractivity contribution in [3.05, 3.63) is 289 Å². The monoisotopic (exact) mass is 818 g/mol. The quantitative estimate of drug-likeness (QED) is 0.144. The maximum atomic E-state index is 2.40. The highest BCUT2D eigenvalue weighted by atomic mass is 15.2. The van der Waals surface area contributed by atoms with Crippen LogP contribution in [0.1, 0.15) is 0 Å². The van der Waals surface area contributed by atoms with Crippen molar-refractivity contribution in [1.82, 2.24) is 4.90 Å². The van der Waals surface area contributed by atoms with Crippen molar-refractivity contribution in [2.24, 2.45) is 0 Å². The summed E-state index contributed by atoms with van der Waals surface area (Å²) in [5.41, 5.74) is 12.9. The Morgan fingerprint density at radius 3 is 0.781 bits per heavy atom. The molecule has 12 rings (SSSR count). The van der Waals surface area contributed by atoms with Gasteiger partial charge < -0.3 is 19.6 Å². The summed E-state index contributed by atoms with van der Waals surface area (Å²) in [5.74, 6) is 0. The molecular weight excluding hydrogens is 777 g/mol. The first-order valence-corrected chi connectivity index (χ1v) is 21.8. The molecule has 302 valence electrons. The van der Waals surface area contributed by atoms with E-state index in [4.69, 9.17) is 0 Å². The van der Waals surface area contributed by atoms with Gasteiger partial charge in [0.25, 0.3) is 0 Å². The Bertz CT molecular complexity index is 3080. The lowest BCUT2D eigenvalue weighted by Crippen LogP contribution is -2.33. The topological polar surface area (TPSA) is 13.0 Å². The number of rotatable bonds is 9. The highest BCUT2D eigenvalue weighted by Crippen LogP contribution is 2.46. The van der Waals surface area contributed by atoms with Gasteiger partial charge in [0.1, 0.15) is 0 Å². The molecule has 64 heavy (non-hydrogen) atoms. The van der Waals surface area contributed by atoms with Crippen LogP contribution in [0.5, 0.6) is 0 Å². The zero-order valence-corrected chi connectivity index (χ0v) is 35.0. The molecule has 0 atom stereocenters. The van der Waals surface area contributed by atoms with Crippen LogP contribution in [0.15, 0.2) is 289 Å². The molecule has 0 radical (unpaired) electrons. The molecule has 0 saturated heterocycles. The van der Waals surface area contributed by atoms with Gasteiger partial charge in [0.05, 0.1) is 34.2 Å². The number of nitrogens with zero attached hydrogens (tertiary/aromatic N) is 4. The predicted molar refractivity (Wildman–Crippen MR) is 268 cm³/mol. The molecule has 0 unspecified atom stereocenters. The van der Waals surface area contributed by atoms with Gasteiger partial charge in [-0.2, -0.15) is 0 Å². The average Bonchev–Trinajstić information content (AvgIpc) is 3.35. The van der Waals surface area contributed by atoms with Crippen molar-refractivity contribution in [2.45, 2.75) is 0 Å². The zero-order chi connectivity index (χ0) is 42.4. The van der Waals surface area contributed by atoms with E-state index in [9.17, 15) is 0 Å². The lowest BCUT2D eigenvalue weighted by Gasteiger charge is -2.41. The van der Waals surface area contributed by atoms with Crippen molar-refractivity contribution >= 4 is 66.4 Å². The molecule has 0 amide bonds. The molecule has 0 spiro atoms. The molecule has 0 aliphatic carbocycles. The number of anilines is 6. The van der Waals surface area contributed by atoms with Crippen LogP contribution in [-0.4, -0.2) is 4.90 Å². The SMILES string of the molecule is C1=C2C=C(N(c3ccccc3)c3ccc4ccccc4c3)C=C3C=C(N(c4ccccc4)c4ccc5ccccc5c4)C=C(C=C1N(c1ccccc1)c1ccc4ccccc4c1)N23. The molecule has 0 saturated carbocycles. The third-order valence-corrected chi connectivity index (χ3v) is 12.3. The fraction of sp³-hybridized carbons (Fsp3) is 0. The number of para-hydroxylation sites is 3. The normalized spacial score (nSPS) is 14.2. The molecule has 3 heterocycles. The summed E-state index contributed by atoms with van der Waals surface area (Å²) < 4.78 is 0. The second-order valence-corrected chi connectivity index (χ2v) is 16.4. The summed E-state index contributed by atoms with van der Waals surface area (Å²) in [5, 5.41) is 7.23. The fourth-order valence-corrected chi connectivity index (χ4v) is 9.40. The Labute approximate surface area is 373 Å². The second kappa shape index (κ2) is 15.7. The van der Waals surface area contributed by atoms with Crippen LogP contribution in [0, 0.1) is 0 Å². The van der Waals surface area contributed by atoms with E-state index in [0.717, 1.165) is 68.3 Å². The minimum atomic E-state index is 1.06. The van der Waals surface area contributed by atoms with Gasteiger partial charge >= 0.3 is 0 Å². The van der Waals surface area contributed by atoms with Crippen LogP contribution in [0.4, 0.5) is 34.1 Å². The lowest BCUT2D eigenvalue weighted by molar-refractivity contribution is 0.553. The van der Waals surface area contributed by atoms with Crippen LogP contribution in [0.3, 0.4) is 0 Å². The summed E-state index contributed by atoms with van der Waals surface area (Å²) in [6.45, 7) is 0. The number of allylic oxidation sites excluding steroid dienone is 6. The van der Waals surface area contributed by atoms with Gasteiger partial charge in [-0.1, -0.05) is 146 Å². The molecular formula is C60H42N4. The van der Waals surface area contributed by atoms with E-state index in [1.165, 1.54) is 32.3 Å². The van der Waals surface area contributed by atoms with E-state index < -0.39 is 0 Å². The highest BCUT2D eigenvalue weighted by molar-refractivity contribution is 5.91. The largest absolute Gasteiger partial charge is 0.310 e. The third kappa shape index (κ3) is 6.75. The molecule has 0 bridgehead atoms. The maximum Gasteiger partial charge on any atom is 0.0503 e. The molecule has 0 N–H and O–H groups in total. The Hall–Kier alpha value is -8.60. The summed E-state index contributed by atoms with van der Waals surface area (Å²) >= 11 is 0. The summed E-state index contributed by atoms with van der Waals surface area (Å²) in [7, 11) is 0. The van der Waals surface area contributed by atoms with Gasteiger partial charge in [-0.05, 0) is 142 Å². The lowest BCUT2D eigenvalue weighted by atomic mass is 9.97. The summed E-state index contributed by atoms with van der Waals surface area (Å²) in [6, 6.07) is 78.2. The number of benzene rings is 9. The molecule has 9 aromatic carbocycles. The minimum absolute atomic E-state index is 1.06. The molecule has 3 aliphatic rings.